The van der Waals surface area contributed by atoms with Crippen molar-refractivity contribution in [3.05, 3.63) is 72.1 Å². The molecule has 1 N–H and O–H groups in total. The summed E-state index contributed by atoms with van der Waals surface area (Å²) in [6.07, 6.45) is 4.55. The van der Waals surface area contributed by atoms with E-state index < -0.39 is 0 Å². The van der Waals surface area contributed by atoms with E-state index in [9.17, 15) is 4.79 Å². The van der Waals surface area contributed by atoms with E-state index in [0.717, 1.165) is 67.0 Å². The Morgan fingerprint density at radius 3 is 2.20 bits per heavy atom. The molecule has 0 unspecified atom stereocenters. The first-order valence-corrected chi connectivity index (χ1v) is 13.9. The lowest BCUT2D eigenvalue weighted by Crippen LogP contribution is -2.24. The molecule has 0 aliphatic heterocycles. The maximum Gasteiger partial charge on any atom is 0.251 e. The number of hydrogen-bond donors (Lipinski definition) is 1. The topological polar surface area (TPSA) is 93.1 Å². The maximum atomic E-state index is 12.7. The second-order valence-electron chi connectivity index (χ2n) is 9.53. The molecule has 0 spiro atoms. The largest absolute Gasteiger partial charge is 0.497 e. The molecule has 9 nitrogen and oxygen atoms in total. The standard InChI is InChI=1S/C32H39N3O6/c1-37-24-14-16-25(17-15-24)41-20-10-19-35-27-12-8-7-11-26(27)34-30(35)13-6-5-9-18-33-32(36)23-21-28(38-2)31(40-4)29(22-23)39-3/h7-8,11-12,14-17,21-22H,5-6,9-10,13,18-20H2,1-4H3,(H,33,36). The Kier molecular flexibility index (Phi) is 10.7. The molecule has 9 heteroatoms. The molecule has 0 atom stereocenters. The van der Waals surface area contributed by atoms with Gasteiger partial charge in [-0.05, 0) is 67.8 Å². The number of benzene rings is 3. The summed E-state index contributed by atoms with van der Waals surface area (Å²) < 4.78 is 29.5. The number of amides is 1. The summed E-state index contributed by atoms with van der Waals surface area (Å²) in [6.45, 7) is 2.02. The molecule has 218 valence electrons. The highest BCUT2D eigenvalue weighted by atomic mass is 16.5. The minimum atomic E-state index is -0.178. The molecule has 0 saturated heterocycles. The first-order valence-electron chi connectivity index (χ1n) is 13.9. The average molecular weight is 562 g/mol. The highest BCUT2D eigenvalue weighted by molar-refractivity contribution is 5.95. The van der Waals surface area contributed by atoms with Crippen LogP contribution in [0, 0.1) is 0 Å². The first-order chi connectivity index (χ1) is 20.1. The number of carbonyl (C=O) groups is 1. The molecular weight excluding hydrogens is 522 g/mol. The van der Waals surface area contributed by atoms with Crippen LogP contribution in [0.3, 0.4) is 0 Å². The SMILES string of the molecule is COc1ccc(OCCCn2c(CCCCCNC(=O)c3cc(OC)c(OC)c(OC)c3)nc3ccccc32)cc1. The molecule has 0 fully saturated rings. The number of imidazole rings is 1. The predicted molar refractivity (Wildman–Crippen MR) is 159 cm³/mol. The van der Waals surface area contributed by atoms with Gasteiger partial charge in [0.05, 0.1) is 46.1 Å². The summed E-state index contributed by atoms with van der Waals surface area (Å²) >= 11 is 0. The summed E-state index contributed by atoms with van der Waals surface area (Å²) in [5.41, 5.74) is 2.62. The number of nitrogens with zero attached hydrogens (tertiary/aromatic N) is 2. The predicted octanol–water partition coefficient (Wildman–Crippen LogP) is 5.68. The Morgan fingerprint density at radius 1 is 0.805 bits per heavy atom. The Morgan fingerprint density at radius 2 is 1.51 bits per heavy atom. The molecule has 0 aliphatic carbocycles. The van der Waals surface area contributed by atoms with Gasteiger partial charge in [-0.15, -0.1) is 0 Å². The van der Waals surface area contributed by atoms with Crippen LogP contribution in [0.4, 0.5) is 0 Å². The van der Waals surface area contributed by atoms with Crippen LogP contribution >= 0.6 is 0 Å². The molecule has 1 amide bonds. The molecule has 4 aromatic rings. The number of aryl methyl sites for hydroxylation is 2. The van der Waals surface area contributed by atoms with Crippen molar-refractivity contribution in [2.24, 2.45) is 0 Å². The lowest BCUT2D eigenvalue weighted by Gasteiger charge is -2.14. The third kappa shape index (κ3) is 7.63. The zero-order valence-electron chi connectivity index (χ0n) is 24.3. The summed E-state index contributed by atoms with van der Waals surface area (Å²) in [6, 6.07) is 19.2. The first kappa shape index (κ1) is 29.6. The van der Waals surface area contributed by atoms with Crippen LogP contribution < -0.4 is 29.0 Å². The van der Waals surface area contributed by atoms with Crippen LogP contribution in [0.2, 0.25) is 0 Å². The van der Waals surface area contributed by atoms with E-state index in [0.29, 0.717) is 36.0 Å². The monoisotopic (exact) mass is 561 g/mol. The molecular formula is C32H39N3O6. The average Bonchev–Trinajstić information content (AvgIpc) is 3.37. The quantitative estimate of drug-likeness (QED) is 0.176. The summed E-state index contributed by atoms with van der Waals surface area (Å²) in [4.78, 5) is 17.6. The number of carbonyl (C=O) groups excluding carboxylic acids is 1. The fraction of sp³-hybridized carbons (Fsp3) is 0.375. The van der Waals surface area contributed by atoms with Gasteiger partial charge in [-0.1, -0.05) is 18.6 Å². The number of ether oxygens (including phenoxy) is 5. The van der Waals surface area contributed by atoms with Crippen molar-refractivity contribution in [2.75, 3.05) is 41.6 Å². The van der Waals surface area contributed by atoms with Gasteiger partial charge >= 0.3 is 0 Å². The van der Waals surface area contributed by atoms with Gasteiger partial charge in [-0.3, -0.25) is 4.79 Å². The van der Waals surface area contributed by atoms with Crippen LogP contribution in [-0.2, 0) is 13.0 Å². The Labute approximate surface area is 241 Å². The van der Waals surface area contributed by atoms with E-state index in [1.165, 1.54) is 21.3 Å². The van der Waals surface area contributed by atoms with Crippen LogP contribution in [-0.4, -0.2) is 57.0 Å². The summed E-state index contributed by atoms with van der Waals surface area (Å²) in [5.74, 6) is 3.91. The zero-order valence-corrected chi connectivity index (χ0v) is 24.3. The van der Waals surface area contributed by atoms with Crippen molar-refractivity contribution in [2.45, 2.75) is 38.6 Å². The van der Waals surface area contributed by atoms with Crippen molar-refractivity contribution < 1.29 is 28.5 Å². The van der Waals surface area contributed by atoms with Crippen LogP contribution in [0.15, 0.2) is 60.7 Å². The van der Waals surface area contributed by atoms with Crippen molar-refractivity contribution in [1.29, 1.82) is 0 Å². The van der Waals surface area contributed by atoms with Crippen molar-refractivity contribution in [3.8, 4) is 28.7 Å². The molecule has 0 radical (unpaired) electrons. The zero-order chi connectivity index (χ0) is 29.0. The second-order valence-corrected chi connectivity index (χ2v) is 9.53. The molecule has 0 bridgehead atoms. The van der Waals surface area contributed by atoms with E-state index in [1.807, 2.05) is 30.3 Å². The Hall–Kier alpha value is -4.40. The Bertz CT molecular complexity index is 1390. The number of para-hydroxylation sites is 2. The fourth-order valence-electron chi connectivity index (χ4n) is 4.75. The number of aromatic nitrogens is 2. The summed E-state index contributed by atoms with van der Waals surface area (Å²) in [5, 5.41) is 2.99. The van der Waals surface area contributed by atoms with Gasteiger partial charge in [-0.25, -0.2) is 4.98 Å². The summed E-state index contributed by atoms with van der Waals surface area (Å²) in [7, 11) is 6.25. The van der Waals surface area contributed by atoms with Crippen LogP contribution in [0.5, 0.6) is 28.7 Å². The molecule has 41 heavy (non-hydrogen) atoms. The van der Waals surface area contributed by atoms with Gasteiger partial charge in [0.25, 0.3) is 5.91 Å². The van der Waals surface area contributed by atoms with E-state index in [-0.39, 0.29) is 5.91 Å². The van der Waals surface area contributed by atoms with Gasteiger partial charge in [0.2, 0.25) is 5.75 Å². The maximum absolute atomic E-state index is 12.7. The minimum absolute atomic E-state index is 0.178. The lowest BCUT2D eigenvalue weighted by molar-refractivity contribution is 0.0952. The molecule has 1 aromatic heterocycles. The fourth-order valence-corrected chi connectivity index (χ4v) is 4.75. The van der Waals surface area contributed by atoms with Crippen molar-refractivity contribution in [1.82, 2.24) is 14.9 Å². The van der Waals surface area contributed by atoms with Crippen molar-refractivity contribution in [3.63, 3.8) is 0 Å². The third-order valence-corrected chi connectivity index (χ3v) is 6.88. The smallest absolute Gasteiger partial charge is 0.251 e. The molecule has 3 aromatic carbocycles. The number of unbranched alkanes of at least 4 members (excludes halogenated alkanes) is 2. The van der Waals surface area contributed by atoms with Gasteiger partial charge in [0.15, 0.2) is 11.5 Å². The molecule has 0 aliphatic rings. The van der Waals surface area contributed by atoms with Crippen LogP contribution in [0.25, 0.3) is 11.0 Å². The second kappa shape index (κ2) is 14.8. The van der Waals surface area contributed by atoms with Gasteiger partial charge in [-0.2, -0.15) is 0 Å². The normalized spacial score (nSPS) is 10.8. The number of rotatable bonds is 16. The van der Waals surface area contributed by atoms with Gasteiger partial charge in [0.1, 0.15) is 17.3 Å². The van der Waals surface area contributed by atoms with Gasteiger partial charge in [0, 0.05) is 25.1 Å². The third-order valence-electron chi connectivity index (χ3n) is 6.88. The lowest BCUT2D eigenvalue weighted by atomic mass is 10.1. The number of fused-ring (bicyclic) bond motifs is 1. The van der Waals surface area contributed by atoms with Gasteiger partial charge < -0.3 is 33.6 Å². The molecule has 0 saturated carbocycles. The molecule has 1 heterocycles. The minimum Gasteiger partial charge on any atom is -0.497 e. The Balaban J connectivity index is 1.25. The van der Waals surface area contributed by atoms with E-state index >= 15 is 0 Å². The van der Waals surface area contributed by atoms with Crippen LogP contribution in [0.1, 0.15) is 41.9 Å². The molecule has 4 rings (SSSR count). The van der Waals surface area contributed by atoms with E-state index in [1.54, 1.807) is 19.2 Å². The number of methoxy groups -OCH3 is 4. The highest BCUT2D eigenvalue weighted by Gasteiger charge is 2.17. The van der Waals surface area contributed by atoms with E-state index in [4.69, 9.17) is 28.7 Å². The number of nitrogens with one attached hydrogen (secondary N) is 1. The number of hydrogen-bond acceptors (Lipinski definition) is 7. The highest BCUT2D eigenvalue weighted by Crippen LogP contribution is 2.38. The van der Waals surface area contributed by atoms with E-state index in [2.05, 4.69) is 28.1 Å². The van der Waals surface area contributed by atoms with Crippen molar-refractivity contribution >= 4 is 16.9 Å².